The average molecular weight is 200 g/mol. The molecule has 0 aromatic rings. The molecule has 0 radical (unpaired) electrons. The summed E-state index contributed by atoms with van der Waals surface area (Å²) in [5.74, 6) is 0.692. The molecule has 0 spiro atoms. The molecular weight excluding hydrogens is 180 g/mol. The van der Waals surface area contributed by atoms with Gasteiger partial charge in [-0.1, -0.05) is 0 Å². The van der Waals surface area contributed by atoms with Crippen LogP contribution in [0.5, 0.6) is 0 Å². The fraction of sp³-hybridized carbons (Fsp3) is 0.900. The predicted molar refractivity (Wildman–Crippen MR) is 55.2 cm³/mol. The molecular formula is C10H20N2O2. The van der Waals surface area contributed by atoms with Gasteiger partial charge in [-0.15, -0.1) is 0 Å². The highest BCUT2D eigenvalue weighted by molar-refractivity contribution is 5.67. The van der Waals surface area contributed by atoms with Crippen molar-refractivity contribution in [1.29, 1.82) is 0 Å². The summed E-state index contributed by atoms with van der Waals surface area (Å²) in [6, 6.07) is 0. The van der Waals surface area contributed by atoms with E-state index in [4.69, 9.17) is 4.74 Å². The average Bonchev–Trinajstić information content (AvgIpc) is 1.90. The number of alkyl carbamates (subject to hydrolysis) is 1. The molecule has 1 aliphatic rings. The Bertz CT molecular complexity index is 195. The molecule has 1 rings (SSSR count). The second-order valence-corrected chi connectivity index (χ2v) is 4.82. The van der Waals surface area contributed by atoms with E-state index >= 15 is 0 Å². The van der Waals surface area contributed by atoms with E-state index in [-0.39, 0.29) is 11.6 Å². The number of hydrogen-bond donors (Lipinski definition) is 2. The molecule has 0 atom stereocenters. The summed E-state index contributed by atoms with van der Waals surface area (Å²) in [4.78, 5) is 11.2. The van der Waals surface area contributed by atoms with Crippen molar-refractivity contribution < 1.29 is 9.53 Å². The molecule has 2 N–H and O–H groups in total. The van der Waals surface area contributed by atoms with Gasteiger partial charge in [0.1, 0.15) is 0 Å². The van der Waals surface area contributed by atoms with Gasteiger partial charge in [-0.05, 0) is 46.2 Å². The van der Waals surface area contributed by atoms with Crippen molar-refractivity contribution in [1.82, 2.24) is 10.6 Å². The molecule has 1 fully saturated rings. The SMILES string of the molecule is CC(C)(C)NC(=O)OCCC1CNC1. The molecule has 1 saturated heterocycles. The number of amides is 1. The molecule has 0 aromatic carbocycles. The maximum absolute atomic E-state index is 11.2. The van der Waals surface area contributed by atoms with Gasteiger partial charge < -0.3 is 15.4 Å². The van der Waals surface area contributed by atoms with Gasteiger partial charge in [-0.25, -0.2) is 4.79 Å². The molecule has 1 amide bonds. The molecule has 1 aliphatic heterocycles. The van der Waals surface area contributed by atoms with Crippen molar-refractivity contribution in [2.45, 2.75) is 32.7 Å². The first kappa shape index (κ1) is 11.3. The van der Waals surface area contributed by atoms with E-state index < -0.39 is 0 Å². The van der Waals surface area contributed by atoms with E-state index in [9.17, 15) is 4.79 Å². The van der Waals surface area contributed by atoms with Crippen molar-refractivity contribution in [3.63, 3.8) is 0 Å². The Morgan fingerprint density at radius 3 is 2.57 bits per heavy atom. The Labute approximate surface area is 85.4 Å². The molecule has 0 aromatic heterocycles. The fourth-order valence-electron chi connectivity index (χ4n) is 1.21. The first-order valence-electron chi connectivity index (χ1n) is 5.13. The third kappa shape index (κ3) is 4.46. The predicted octanol–water partition coefficient (Wildman–Crippen LogP) is 1.12. The zero-order valence-electron chi connectivity index (χ0n) is 9.22. The van der Waals surface area contributed by atoms with Crippen LogP contribution in [0.25, 0.3) is 0 Å². The Kier molecular flexibility index (Phi) is 3.75. The Hall–Kier alpha value is -0.770. The van der Waals surface area contributed by atoms with E-state index in [0.717, 1.165) is 19.5 Å². The molecule has 14 heavy (non-hydrogen) atoms. The second-order valence-electron chi connectivity index (χ2n) is 4.82. The lowest BCUT2D eigenvalue weighted by Crippen LogP contribution is -2.43. The molecule has 0 saturated carbocycles. The number of hydrogen-bond acceptors (Lipinski definition) is 3. The monoisotopic (exact) mass is 200 g/mol. The lowest BCUT2D eigenvalue weighted by Gasteiger charge is -2.27. The van der Waals surface area contributed by atoms with E-state index in [1.165, 1.54) is 0 Å². The quantitative estimate of drug-likeness (QED) is 0.717. The Morgan fingerprint density at radius 1 is 1.50 bits per heavy atom. The van der Waals surface area contributed by atoms with E-state index in [2.05, 4.69) is 10.6 Å². The highest BCUT2D eigenvalue weighted by Gasteiger charge is 2.18. The molecule has 0 unspecified atom stereocenters. The van der Waals surface area contributed by atoms with Gasteiger partial charge in [0, 0.05) is 5.54 Å². The van der Waals surface area contributed by atoms with Crippen molar-refractivity contribution in [3.8, 4) is 0 Å². The summed E-state index contributed by atoms with van der Waals surface area (Å²) in [5, 5.41) is 5.93. The standard InChI is InChI=1S/C10H20N2O2/c1-10(2,3)12-9(13)14-5-4-8-6-11-7-8/h8,11H,4-7H2,1-3H3,(H,12,13). The lowest BCUT2D eigenvalue weighted by molar-refractivity contribution is 0.125. The van der Waals surface area contributed by atoms with Crippen LogP contribution in [0.2, 0.25) is 0 Å². The number of carbonyl (C=O) groups is 1. The first-order chi connectivity index (χ1) is 6.47. The van der Waals surface area contributed by atoms with E-state index in [1.54, 1.807) is 0 Å². The van der Waals surface area contributed by atoms with Crippen LogP contribution in [0.4, 0.5) is 4.79 Å². The third-order valence-electron chi connectivity index (χ3n) is 2.10. The highest BCUT2D eigenvalue weighted by Crippen LogP contribution is 2.08. The lowest BCUT2D eigenvalue weighted by atomic mass is 10.0. The summed E-state index contributed by atoms with van der Waals surface area (Å²) in [7, 11) is 0. The maximum Gasteiger partial charge on any atom is 0.407 e. The van der Waals surface area contributed by atoms with Gasteiger partial charge in [0.05, 0.1) is 6.61 Å². The zero-order valence-corrected chi connectivity index (χ0v) is 9.22. The van der Waals surface area contributed by atoms with Crippen LogP contribution < -0.4 is 10.6 Å². The van der Waals surface area contributed by atoms with Crippen molar-refractivity contribution >= 4 is 6.09 Å². The smallest absolute Gasteiger partial charge is 0.407 e. The van der Waals surface area contributed by atoms with Crippen LogP contribution in [0.1, 0.15) is 27.2 Å². The molecule has 4 heteroatoms. The molecule has 0 aliphatic carbocycles. The minimum absolute atomic E-state index is 0.213. The summed E-state index contributed by atoms with van der Waals surface area (Å²) in [6.45, 7) is 8.45. The number of nitrogens with one attached hydrogen (secondary N) is 2. The van der Waals surface area contributed by atoms with Crippen molar-refractivity contribution in [3.05, 3.63) is 0 Å². The number of ether oxygens (including phenoxy) is 1. The second kappa shape index (κ2) is 4.64. The molecule has 0 bridgehead atoms. The normalized spacial score (nSPS) is 17.4. The van der Waals surface area contributed by atoms with Gasteiger partial charge in [0.2, 0.25) is 0 Å². The van der Waals surface area contributed by atoms with Crippen LogP contribution in [-0.4, -0.2) is 31.3 Å². The minimum atomic E-state index is -0.315. The molecule has 1 heterocycles. The molecule has 82 valence electrons. The summed E-state index contributed by atoms with van der Waals surface area (Å²) >= 11 is 0. The third-order valence-corrected chi connectivity index (χ3v) is 2.10. The summed E-state index contributed by atoms with van der Waals surface area (Å²) in [6.07, 6.45) is 0.648. The van der Waals surface area contributed by atoms with E-state index in [1.807, 2.05) is 20.8 Å². The number of carbonyl (C=O) groups excluding carboxylic acids is 1. The van der Waals surface area contributed by atoms with Crippen molar-refractivity contribution in [2.75, 3.05) is 19.7 Å². The van der Waals surface area contributed by atoms with Crippen LogP contribution in [0, 0.1) is 5.92 Å². The number of rotatable bonds is 3. The van der Waals surface area contributed by atoms with E-state index in [0.29, 0.717) is 12.5 Å². The van der Waals surface area contributed by atoms with Gasteiger partial charge in [0.15, 0.2) is 0 Å². The van der Waals surface area contributed by atoms with Crippen LogP contribution >= 0.6 is 0 Å². The zero-order chi connectivity index (χ0) is 10.6. The van der Waals surface area contributed by atoms with Gasteiger partial charge in [-0.2, -0.15) is 0 Å². The summed E-state index contributed by atoms with van der Waals surface area (Å²) < 4.78 is 5.05. The summed E-state index contributed by atoms with van der Waals surface area (Å²) in [5.41, 5.74) is -0.213. The van der Waals surface area contributed by atoms with Crippen molar-refractivity contribution in [2.24, 2.45) is 5.92 Å². The largest absolute Gasteiger partial charge is 0.450 e. The van der Waals surface area contributed by atoms with Crippen LogP contribution in [0.3, 0.4) is 0 Å². The van der Waals surface area contributed by atoms with Gasteiger partial charge >= 0.3 is 6.09 Å². The minimum Gasteiger partial charge on any atom is -0.450 e. The Balaban J connectivity index is 2.02. The topological polar surface area (TPSA) is 50.4 Å². The Morgan fingerprint density at radius 2 is 2.14 bits per heavy atom. The van der Waals surface area contributed by atoms with Crippen LogP contribution in [0.15, 0.2) is 0 Å². The first-order valence-corrected chi connectivity index (χ1v) is 5.13. The highest BCUT2D eigenvalue weighted by atomic mass is 16.5. The van der Waals surface area contributed by atoms with Gasteiger partial charge in [0.25, 0.3) is 0 Å². The fourth-order valence-corrected chi connectivity index (χ4v) is 1.21. The molecule has 4 nitrogen and oxygen atoms in total. The van der Waals surface area contributed by atoms with Crippen LogP contribution in [-0.2, 0) is 4.74 Å². The maximum atomic E-state index is 11.2. The van der Waals surface area contributed by atoms with Gasteiger partial charge in [-0.3, -0.25) is 0 Å².